The number of rotatable bonds is 5. The van der Waals surface area contributed by atoms with Crippen LogP contribution in [0.2, 0.25) is 0 Å². The maximum atomic E-state index is 12.6. The van der Waals surface area contributed by atoms with Crippen LogP contribution in [0.4, 0.5) is 17.5 Å². The van der Waals surface area contributed by atoms with Crippen molar-refractivity contribution in [3.8, 4) is 11.3 Å². The molecule has 0 atom stereocenters. The molecule has 0 radical (unpaired) electrons. The standard InChI is InChI=1S/C23H16BrN7O/c24-16-5-8-26-21(12-16)31-22(32)20-11-15-10-17(3-4-18(15)29-20)28-23-27-9-6-19(30-23)14-2-1-7-25-13-14/h1-13,29H,(H,26,31,32)(H,27,28,30). The summed E-state index contributed by atoms with van der Waals surface area (Å²) in [5, 5.41) is 6.88. The number of aromatic nitrogens is 5. The molecule has 156 valence electrons. The van der Waals surface area contributed by atoms with Crippen LogP contribution < -0.4 is 10.6 Å². The first-order valence-corrected chi connectivity index (χ1v) is 10.5. The molecule has 9 heteroatoms. The highest BCUT2D eigenvalue weighted by atomic mass is 79.9. The quantitative estimate of drug-likeness (QED) is 0.316. The topological polar surface area (TPSA) is 108 Å². The largest absolute Gasteiger partial charge is 0.351 e. The van der Waals surface area contributed by atoms with Crippen molar-refractivity contribution in [1.29, 1.82) is 0 Å². The van der Waals surface area contributed by atoms with E-state index in [0.717, 1.165) is 32.3 Å². The SMILES string of the molecule is O=C(Nc1cc(Br)ccn1)c1cc2cc(Nc3nccc(-c4cccnc4)n3)ccc2[nH]1. The zero-order chi connectivity index (χ0) is 21.9. The van der Waals surface area contributed by atoms with Crippen LogP contribution in [0.3, 0.4) is 0 Å². The van der Waals surface area contributed by atoms with Crippen LogP contribution in [-0.2, 0) is 0 Å². The van der Waals surface area contributed by atoms with E-state index in [4.69, 9.17) is 0 Å². The van der Waals surface area contributed by atoms with Gasteiger partial charge in [-0.15, -0.1) is 0 Å². The third kappa shape index (κ3) is 4.33. The molecule has 4 aromatic heterocycles. The number of halogens is 1. The van der Waals surface area contributed by atoms with Crippen LogP contribution in [0, 0.1) is 0 Å². The van der Waals surface area contributed by atoms with Crippen molar-refractivity contribution in [3.63, 3.8) is 0 Å². The van der Waals surface area contributed by atoms with Gasteiger partial charge < -0.3 is 15.6 Å². The summed E-state index contributed by atoms with van der Waals surface area (Å²) >= 11 is 3.37. The zero-order valence-electron chi connectivity index (χ0n) is 16.6. The van der Waals surface area contributed by atoms with Gasteiger partial charge in [0.15, 0.2) is 0 Å². The summed E-state index contributed by atoms with van der Waals surface area (Å²) in [7, 11) is 0. The second kappa shape index (κ2) is 8.56. The van der Waals surface area contributed by atoms with E-state index >= 15 is 0 Å². The third-order valence-corrected chi connectivity index (χ3v) is 5.19. The van der Waals surface area contributed by atoms with E-state index < -0.39 is 0 Å². The molecule has 0 aliphatic heterocycles. The Balaban J connectivity index is 1.36. The highest BCUT2D eigenvalue weighted by Crippen LogP contribution is 2.24. The summed E-state index contributed by atoms with van der Waals surface area (Å²) in [5.41, 5.74) is 3.77. The maximum Gasteiger partial charge on any atom is 0.273 e. The van der Waals surface area contributed by atoms with Gasteiger partial charge in [0.1, 0.15) is 11.5 Å². The molecule has 0 aliphatic rings. The molecule has 3 N–H and O–H groups in total. The Bertz CT molecular complexity index is 1420. The normalized spacial score (nSPS) is 10.8. The first-order chi connectivity index (χ1) is 15.6. The number of aromatic amines is 1. The smallest absolute Gasteiger partial charge is 0.273 e. The van der Waals surface area contributed by atoms with E-state index in [1.54, 1.807) is 43.0 Å². The van der Waals surface area contributed by atoms with Gasteiger partial charge in [-0.1, -0.05) is 15.9 Å². The monoisotopic (exact) mass is 485 g/mol. The minimum atomic E-state index is -0.270. The fraction of sp³-hybridized carbons (Fsp3) is 0. The van der Waals surface area contributed by atoms with Crippen molar-refractivity contribution in [2.75, 3.05) is 10.6 Å². The predicted octanol–water partition coefficient (Wildman–Crippen LogP) is 5.17. The van der Waals surface area contributed by atoms with Gasteiger partial charge in [0, 0.05) is 51.4 Å². The molecule has 0 aliphatic carbocycles. The summed E-state index contributed by atoms with van der Waals surface area (Å²) in [6, 6.07) is 16.7. The molecule has 0 spiro atoms. The number of fused-ring (bicyclic) bond motifs is 1. The third-order valence-electron chi connectivity index (χ3n) is 4.70. The second-order valence-corrected chi connectivity index (χ2v) is 7.85. The predicted molar refractivity (Wildman–Crippen MR) is 127 cm³/mol. The Morgan fingerprint density at radius 3 is 2.72 bits per heavy atom. The number of nitrogens with zero attached hydrogens (tertiary/aromatic N) is 4. The summed E-state index contributed by atoms with van der Waals surface area (Å²) in [4.78, 5) is 32.9. The number of pyridine rings is 2. The molecule has 8 nitrogen and oxygen atoms in total. The lowest BCUT2D eigenvalue weighted by atomic mass is 10.2. The number of anilines is 3. The van der Waals surface area contributed by atoms with Crippen molar-refractivity contribution < 1.29 is 4.79 Å². The van der Waals surface area contributed by atoms with Crippen molar-refractivity contribution in [1.82, 2.24) is 24.9 Å². The molecule has 1 aromatic carbocycles. The molecule has 0 saturated carbocycles. The van der Waals surface area contributed by atoms with Gasteiger partial charge in [-0.3, -0.25) is 9.78 Å². The van der Waals surface area contributed by atoms with Gasteiger partial charge in [0.05, 0.1) is 5.69 Å². The van der Waals surface area contributed by atoms with Crippen LogP contribution in [0.25, 0.3) is 22.2 Å². The van der Waals surface area contributed by atoms with E-state index in [9.17, 15) is 4.79 Å². The number of nitrogens with one attached hydrogen (secondary N) is 3. The van der Waals surface area contributed by atoms with Gasteiger partial charge >= 0.3 is 0 Å². The summed E-state index contributed by atoms with van der Waals surface area (Å²) in [6.45, 7) is 0. The highest BCUT2D eigenvalue weighted by Gasteiger charge is 2.11. The Hall–Kier alpha value is -4.11. The molecule has 0 bridgehead atoms. The molecule has 0 fully saturated rings. The molecule has 0 saturated heterocycles. The average Bonchev–Trinajstić information content (AvgIpc) is 3.24. The van der Waals surface area contributed by atoms with Gasteiger partial charge in [-0.25, -0.2) is 15.0 Å². The van der Waals surface area contributed by atoms with Gasteiger partial charge in [0.2, 0.25) is 5.95 Å². The van der Waals surface area contributed by atoms with E-state index in [1.807, 2.05) is 36.4 Å². The number of hydrogen-bond donors (Lipinski definition) is 3. The molecule has 4 heterocycles. The first kappa shape index (κ1) is 19.8. The Morgan fingerprint density at radius 2 is 1.88 bits per heavy atom. The van der Waals surface area contributed by atoms with Crippen LogP contribution in [-0.4, -0.2) is 30.8 Å². The first-order valence-electron chi connectivity index (χ1n) is 9.70. The Kier molecular flexibility index (Phi) is 5.30. The number of carbonyl (C=O) groups is 1. The van der Waals surface area contributed by atoms with Crippen molar-refractivity contribution in [2.24, 2.45) is 0 Å². The van der Waals surface area contributed by atoms with E-state index in [1.165, 1.54) is 0 Å². The summed E-state index contributed by atoms with van der Waals surface area (Å²) in [6.07, 6.45) is 6.80. The van der Waals surface area contributed by atoms with Crippen LogP contribution in [0.15, 0.2) is 83.9 Å². The molecule has 0 unspecified atom stereocenters. The highest BCUT2D eigenvalue weighted by molar-refractivity contribution is 9.10. The molecular weight excluding hydrogens is 470 g/mol. The fourth-order valence-corrected chi connectivity index (χ4v) is 3.55. The molecule has 5 aromatic rings. The minimum absolute atomic E-state index is 0.270. The number of benzene rings is 1. The Labute approximate surface area is 191 Å². The van der Waals surface area contributed by atoms with Gasteiger partial charge in [-0.05, 0) is 54.6 Å². The lowest BCUT2D eigenvalue weighted by Crippen LogP contribution is -2.13. The number of hydrogen-bond acceptors (Lipinski definition) is 6. The zero-order valence-corrected chi connectivity index (χ0v) is 18.2. The molecule has 32 heavy (non-hydrogen) atoms. The van der Waals surface area contributed by atoms with E-state index in [0.29, 0.717) is 17.5 Å². The summed E-state index contributed by atoms with van der Waals surface area (Å²) < 4.78 is 0.838. The van der Waals surface area contributed by atoms with Crippen LogP contribution in [0.5, 0.6) is 0 Å². The number of carbonyl (C=O) groups excluding carboxylic acids is 1. The minimum Gasteiger partial charge on any atom is -0.351 e. The molecular formula is C23H16BrN7O. The average molecular weight is 486 g/mol. The lowest BCUT2D eigenvalue weighted by molar-refractivity contribution is 0.102. The van der Waals surface area contributed by atoms with E-state index in [2.05, 4.69) is 51.5 Å². The molecule has 1 amide bonds. The second-order valence-electron chi connectivity index (χ2n) is 6.93. The van der Waals surface area contributed by atoms with Crippen LogP contribution >= 0.6 is 15.9 Å². The van der Waals surface area contributed by atoms with Gasteiger partial charge in [0.25, 0.3) is 5.91 Å². The van der Waals surface area contributed by atoms with Crippen molar-refractivity contribution in [3.05, 3.63) is 89.6 Å². The summed E-state index contributed by atoms with van der Waals surface area (Å²) in [5.74, 6) is 0.671. The molecule has 5 rings (SSSR count). The maximum absolute atomic E-state index is 12.6. The number of H-pyrrole nitrogens is 1. The Morgan fingerprint density at radius 1 is 0.969 bits per heavy atom. The van der Waals surface area contributed by atoms with Crippen molar-refractivity contribution >= 4 is 50.2 Å². The van der Waals surface area contributed by atoms with Crippen LogP contribution in [0.1, 0.15) is 10.5 Å². The van der Waals surface area contributed by atoms with E-state index in [-0.39, 0.29) is 5.91 Å². The lowest BCUT2D eigenvalue weighted by Gasteiger charge is -2.06. The van der Waals surface area contributed by atoms with Gasteiger partial charge in [-0.2, -0.15) is 0 Å². The fourth-order valence-electron chi connectivity index (χ4n) is 3.21. The number of amides is 1. The van der Waals surface area contributed by atoms with Crippen molar-refractivity contribution in [2.45, 2.75) is 0 Å².